The zero-order valence-corrected chi connectivity index (χ0v) is 11.8. The highest BCUT2D eigenvalue weighted by atomic mass is 16.5. The van der Waals surface area contributed by atoms with E-state index in [2.05, 4.69) is 10.6 Å². The lowest BCUT2D eigenvalue weighted by molar-refractivity contribution is -0.125. The Kier molecular flexibility index (Phi) is 4.17. The van der Waals surface area contributed by atoms with Crippen LogP contribution in [0.25, 0.3) is 0 Å². The number of hydrogen-bond donors (Lipinski definition) is 2. The second-order valence-corrected chi connectivity index (χ2v) is 5.28. The lowest BCUT2D eigenvalue weighted by Gasteiger charge is -2.27. The average Bonchev–Trinajstić information content (AvgIpc) is 3.03. The fourth-order valence-corrected chi connectivity index (χ4v) is 2.65. The molecule has 1 atom stereocenters. The molecule has 0 spiro atoms. The Morgan fingerprint density at radius 1 is 1.33 bits per heavy atom. The Morgan fingerprint density at radius 2 is 2.14 bits per heavy atom. The second-order valence-electron chi connectivity index (χ2n) is 5.28. The molecule has 2 aliphatic rings. The van der Waals surface area contributed by atoms with E-state index < -0.39 is 0 Å². The summed E-state index contributed by atoms with van der Waals surface area (Å²) in [5.74, 6) is -0.0316. The highest BCUT2D eigenvalue weighted by molar-refractivity contribution is 5.97. The van der Waals surface area contributed by atoms with Crippen molar-refractivity contribution in [2.75, 3.05) is 36.5 Å². The van der Waals surface area contributed by atoms with Crippen LogP contribution in [0.4, 0.5) is 11.4 Å². The summed E-state index contributed by atoms with van der Waals surface area (Å²) in [5.41, 5.74) is 1.58. The standard InChI is InChI=1S/C15H19N3O3/c19-14-10-21-9-8-18(14)12-5-3-11(4-6-12)17-15(20)13-2-1-7-16-13/h3-6,13,16H,1-2,7-10H2,(H,17,20)/t13-/m0/s1. The molecule has 0 bridgehead atoms. The fourth-order valence-electron chi connectivity index (χ4n) is 2.65. The first-order valence-corrected chi connectivity index (χ1v) is 7.26. The van der Waals surface area contributed by atoms with E-state index in [1.54, 1.807) is 4.90 Å². The first kappa shape index (κ1) is 14.0. The SMILES string of the molecule is O=C(Nc1ccc(N2CCOCC2=O)cc1)[C@@H]1CCCN1. The normalized spacial score (nSPS) is 22.4. The molecular weight excluding hydrogens is 270 g/mol. The van der Waals surface area contributed by atoms with E-state index >= 15 is 0 Å². The third kappa shape index (κ3) is 3.22. The van der Waals surface area contributed by atoms with Gasteiger partial charge in [-0.1, -0.05) is 0 Å². The molecule has 2 N–H and O–H groups in total. The maximum Gasteiger partial charge on any atom is 0.253 e. The summed E-state index contributed by atoms with van der Waals surface area (Å²) in [5, 5.41) is 6.06. The van der Waals surface area contributed by atoms with Gasteiger partial charge in [-0.25, -0.2) is 0 Å². The molecule has 3 rings (SSSR count). The Hall–Kier alpha value is -1.92. The van der Waals surface area contributed by atoms with Crippen LogP contribution in [0, 0.1) is 0 Å². The van der Waals surface area contributed by atoms with Crippen LogP contribution in [0.1, 0.15) is 12.8 Å². The van der Waals surface area contributed by atoms with Crippen LogP contribution in [0.15, 0.2) is 24.3 Å². The number of anilines is 2. The monoisotopic (exact) mass is 289 g/mol. The van der Waals surface area contributed by atoms with Gasteiger partial charge in [0.2, 0.25) is 5.91 Å². The molecule has 1 aromatic rings. The first-order chi connectivity index (χ1) is 10.2. The van der Waals surface area contributed by atoms with Crippen LogP contribution in [-0.4, -0.2) is 44.2 Å². The predicted octanol–water partition coefficient (Wildman–Crippen LogP) is 0.740. The van der Waals surface area contributed by atoms with Gasteiger partial charge in [-0.2, -0.15) is 0 Å². The summed E-state index contributed by atoms with van der Waals surface area (Å²) in [4.78, 5) is 25.5. The molecule has 0 radical (unpaired) electrons. The number of carbonyl (C=O) groups excluding carboxylic acids is 2. The minimum Gasteiger partial charge on any atom is -0.370 e. The predicted molar refractivity (Wildman–Crippen MR) is 79.3 cm³/mol. The number of morpholine rings is 1. The van der Waals surface area contributed by atoms with Crippen LogP contribution in [0.5, 0.6) is 0 Å². The third-order valence-electron chi connectivity index (χ3n) is 3.81. The summed E-state index contributed by atoms with van der Waals surface area (Å²) >= 11 is 0. The Bertz CT molecular complexity index is 523. The molecule has 0 aromatic heterocycles. The zero-order valence-electron chi connectivity index (χ0n) is 11.8. The van der Waals surface area contributed by atoms with Crippen LogP contribution < -0.4 is 15.5 Å². The number of nitrogens with one attached hydrogen (secondary N) is 2. The Labute approximate surface area is 123 Å². The molecule has 0 aliphatic carbocycles. The molecule has 6 heteroatoms. The van der Waals surface area contributed by atoms with Gasteiger partial charge in [-0.15, -0.1) is 0 Å². The van der Waals surface area contributed by atoms with Crippen molar-refractivity contribution in [3.8, 4) is 0 Å². The maximum atomic E-state index is 12.0. The smallest absolute Gasteiger partial charge is 0.253 e. The van der Waals surface area contributed by atoms with Crippen LogP contribution in [-0.2, 0) is 14.3 Å². The van der Waals surface area contributed by atoms with Gasteiger partial charge in [0.1, 0.15) is 6.61 Å². The van der Waals surface area contributed by atoms with Crippen LogP contribution in [0.3, 0.4) is 0 Å². The maximum absolute atomic E-state index is 12.0. The molecule has 112 valence electrons. The summed E-state index contributed by atoms with van der Waals surface area (Å²) in [6, 6.07) is 7.25. The van der Waals surface area contributed by atoms with Gasteiger partial charge in [0.05, 0.1) is 12.6 Å². The molecule has 2 heterocycles. The molecule has 2 aliphatic heterocycles. The highest BCUT2D eigenvalue weighted by Gasteiger charge is 2.22. The van der Waals surface area contributed by atoms with Gasteiger partial charge >= 0.3 is 0 Å². The van der Waals surface area contributed by atoms with E-state index in [1.807, 2.05) is 24.3 Å². The molecule has 6 nitrogen and oxygen atoms in total. The molecule has 1 aromatic carbocycles. The molecule has 21 heavy (non-hydrogen) atoms. The van der Waals surface area contributed by atoms with E-state index in [0.29, 0.717) is 13.2 Å². The molecule has 2 amide bonds. The number of amides is 2. The van der Waals surface area contributed by atoms with Gasteiger partial charge in [-0.3, -0.25) is 9.59 Å². The molecule has 0 unspecified atom stereocenters. The Balaban J connectivity index is 1.63. The van der Waals surface area contributed by atoms with E-state index in [-0.39, 0.29) is 24.5 Å². The molecular formula is C15H19N3O3. The van der Waals surface area contributed by atoms with E-state index in [4.69, 9.17) is 4.74 Å². The third-order valence-corrected chi connectivity index (χ3v) is 3.81. The summed E-state index contributed by atoms with van der Waals surface area (Å²) in [7, 11) is 0. The van der Waals surface area contributed by atoms with Crippen molar-refractivity contribution in [3.05, 3.63) is 24.3 Å². The van der Waals surface area contributed by atoms with Crippen molar-refractivity contribution in [1.82, 2.24) is 5.32 Å². The van der Waals surface area contributed by atoms with Crippen LogP contribution >= 0.6 is 0 Å². The number of hydrogen-bond acceptors (Lipinski definition) is 4. The largest absolute Gasteiger partial charge is 0.370 e. The molecule has 0 saturated carbocycles. The summed E-state index contributed by atoms with van der Waals surface area (Å²) in [6.07, 6.45) is 1.92. The van der Waals surface area contributed by atoms with Gasteiger partial charge in [-0.05, 0) is 43.7 Å². The summed E-state index contributed by atoms with van der Waals surface area (Å²) < 4.78 is 5.11. The fraction of sp³-hybridized carbons (Fsp3) is 0.467. The first-order valence-electron chi connectivity index (χ1n) is 7.26. The van der Waals surface area contributed by atoms with Crippen molar-refractivity contribution in [3.63, 3.8) is 0 Å². The number of nitrogens with zero attached hydrogens (tertiary/aromatic N) is 1. The van der Waals surface area contributed by atoms with Gasteiger partial charge in [0.15, 0.2) is 0 Å². The topological polar surface area (TPSA) is 70.7 Å². The number of carbonyl (C=O) groups is 2. The second kappa shape index (κ2) is 6.24. The lowest BCUT2D eigenvalue weighted by Crippen LogP contribution is -2.41. The Morgan fingerprint density at radius 3 is 2.81 bits per heavy atom. The van der Waals surface area contributed by atoms with Crippen molar-refractivity contribution in [2.45, 2.75) is 18.9 Å². The molecule has 2 saturated heterocycles. The van der Waals surface area contributed by atoms with Gasteiger partial charge in [0.25, 0.3) is 5.91 Å². The van der Waals surface area contributed by atoms with E-state index in [9.17, 15) is 9.59 Å². The van der Waals surface area contributed by atoms with Crippen molar-refractivity contribution in [2.24, 2.45) is 0 Å². The quantitative estimate of drug-likeness (QED) is 0.861. The van der Waals surface area contributed by atoms with Crippen molar-refractivity contribution >= 4 is 23.2 Å². The minimum absolute atomic E-state index is 0.00250. The van der Waals surface area contributed by atoms with Crippen LogP contribution in [0.2, 0.25) is 0 Å². The zero-order chi connectivity index (χ0) is 14.7. The van der Waals surface area contributed by atoms with Crippen molar-refractivity contribution < 1.29 is 14.3 Å². The summed E-state index contributed by atoms with van der Waals surface area (Å²) in [6.45, 7) is 2.15. The number of rotatable bonds is 3. The van der Waals surface area contributed by atoms with Gasteiger partial charge in [0, 0.05) is 17.9 Å². The van der Waals surface area contributed by atoms with E-state index in [0.717, 1.165) is 30.8 Å². The molecule has 2 fully saturated rings. The minimum atomic E-state index is -0.0921. The van der Waals surface area contributed by atoms with Gasteiger partial charge < -0.3 is 20.3 Å². The lowest BCUT2D eigenvalue weighted by atomic mass is 10.2. The van der Waals surface area contributed by atoms with Crippen molar-refractivity contribution in [1.29, 1.82) is 0 Å². The average molecular weight is 289 g/mol. The highest BCUT2D eigenvalue weighted by Crippen LogP contribution is 2.20. The number of benzene rings is 1. The number of ether oxygens (including phenoxy) is 1. The van der Waals surface area contributed by atoms with E-state index in [1.165, 1.54) is 0 Å².